The van der Waals surface area contributed by atoms with E-state index in [1.165, 1.54) is 11.8 Å². The summed E-state index contributed by atoms with van der Waals surface area (Å²) in [5.41, 5.74) is 2.61. The van der Waals surface area contributed by atoms with E-state index in [0.717, 1.165) is 41.1 Å². The third kappa shape index (κ3) is 4.87. The molecule has 0 amide bonds. The van der Waals surface area contributed by atoms with E-state index in [2.05, 4.69) is 47.9 Å². The van der Waals surface area contributed by atoms with Crippen LogP contribution in [0.5, 0.6) is 5.75 Å². The molecule has 7 nitrogen and oxygen atoms in total. The highest BCUT2D eigenvalue weighted by Gasteiger charge is 2.12. The Hall–Kier alpha value is -2.92. The topological polar surface area (TPSA) is 79.9 Å². The number of imidazole rings is 1. The molecule has 0 aliphatic heterocycles. The molecule has 0 radical (unpaired) electrons. The van der Waals surface area contributed by atoms with Crippen molar-refractivity contribution in [3.05, 3.63) is 64.5 Å². The molecule has 3 aromatic rings. The van der Waals surface area contributed by atoms with Gasteiger partial charge in [0, 0.05) is 19.8 Å². The van der Waals surface area contributed by atoms with E-state index >= 15 is 0 Å². The summed E-state index contributed by atoms with van der Waals surface area (Å²) in [6, 6.07) is 8.16. The minimum atomic E-state index is 0.311. The van der Waals surface area contributed by atoms with E-state index in [-0.39, 0.29) is 0 Å². The fraction of sp³-hybridized carbons (Fsp3) is 0.300. The number of halogens is 1. The van der Waals surface area contributed by atoms with Gasteiger partial charge < -0.3 is 14.2 Å². The summed E-state index contributed by atoms with van der Waals surface area (Å²) in [4.78, 5) is 14.9. The summed E-state index contributed by atoms with van der Waals surface area (Å²) in [6.45, 7) is 1.46. The van der Waals surface area contributed by atoms with Crippen LogP contribution in [0, 0.1) is 11.3 Å². The molecular weight excluding hydrogens is 420 g/mol. The maximum absolute atomic E-state index is 8.95. The number of aryl methyl sites for hydroxylation is 2. The molecule has 2 heterocycles. The number of anilines is 1. The molecule has 0 saturated heterocycles. The van der Waals surface area contributed by atoms with Crippen LogP contribution >= 0.6 is 15.9 Å². The number of benzene rings is 1. The number of ether oxygens (including phenoxy) is 1. The van der Waals surface area contributed by atoms with Crippen LogP contribution in [-0.2, 0) is 20.0 Å². The van der Waals surface area contributed by atoms with Crippen LogP contribution in [0.25, 0.3) is 0 Å². The van der Waals surface area contributed by atoms with E-state index in [1.54, 1.807) is 19.6 Å². The van der Waals surface area contributed by atoms with Crippen LogP contribution in [0.3, 0.4) is 0 Å². The Morgan fingerprint density at radius 2 is 2.11 bits per heavy atom. The Balaban J connectivity index is 1.71. The average Bonchev–Trinajstić information content (AvgIpc) is 3.13. The monoisotopic (exact) mass is 440 g/mol. The van der Waals surface area contributed by atoms with Crippen molar-refractivity contribution in [3.8, 4) is 11.8 Å². The predicted octanol–water partition coefficient (Wildman–Crippen LogP) is 3.49. The van der Waals surface area contributed by atoms with Gasteiger partial charge in [-0.2, -0.15) is 5.26 Å². The van der Waals surface area contributed by atoms with E-state index in [9.17, 15) is 0 Å². The third-order valence-electron chi connectivity index (χ3n) is 4.46. The van der Waals surface area contributed by atoms with Crippen molar-refractivity contribution in [2.75, 3.05) is 18.6 Å². The second-order valence-electron chi connectivity index (χ2n) is 6.36. The lowest BCUT2D eigenvalue weighted by Crippen LogP contribution is -2.26. The number of rotatable bonds is 8. The standard InChI is InChI=1S/C20H21BrN6O/c1-26-14-23-11-17(26)13-27(20-12-24-16(9-22)10-25-20)7-3-4-15-5-6-18(21)19(8-15)28-2/h5-6,8,10-12,14H,3-4,7,13H2,1-2H3. The van der Waals surface area contributed by atoms with Crippen molar-refractivity contribution in [2.24, 2.45) is 7.05 Å². The van der Waals surface area contributed by atoms with Gasteiger partial charge >= 0.3 is 0 Å². The van der Waals surface area contributed by atoms with Gasteiger partial charge in [0.15, 0.2) is 5.69 Å². The summed E-state index contributed by atoms with van der Waals surface area (Å²) in [6.07, 6.45) is 8.64. The molecule has 1 aromatic carbocycles. The van der Waals surface area contributed by atoms with Gasteiger partial charge in [-0.25, -0.2) is 15.0 Å². The Morgan fingerprint density at radius 3 is 2.75 bits per heavy atom. The lowest BCUT2D eigenvalue weighted by molar-refractivity contribution is 0.411. The quantitative estimate of drug-likeness (QED) is 0.533. The number of methoxy groups -OCH3 is 1. The van der Waals surface area contributed by atoms with E-state index in [4.69, 9.17) is 10.00 Å². The first-order valence-electron chi connectivity index (χ1n) is 8.85. The van der Waals surface area contributed by atoms with Crippen LogP contribution in [-0.4, -0.2) is 33.2 Å². The van der Waals surface area contributed by atoms with Crippen molar-refractivity contribution < 1.29 is 4.74 Å². The molecule has 0 fully saturated rings. The maximum Gasteiger partial charge on any atom is 0.158 e. The number of aromatic nitrogens is 4. The molecular formula is C20H21BrN6O. The summed E-state index contributed by atoms with van der Waals surface area (Å²) in [5, 5.41) is 8.95. The van der Waals surface area contributed by atoms with Crippen LogP contribution in [0.2, 0.25) is 0 Å². The normalized spacial score (nSPS) is 10.5. The molecule has 0 saturated carbocycles. The minimum absolute atomic E-state index is 0.311. The van der Waals surface area contributed by atoms with Gasteiger partial charge in [-0.15, -0.1) is 0 Å². The fourth-order valence-electron chi connectivity index (χ4n) is 2.88. The van der Waals surface area contributed by atoms with Crippen LogP contribution in [0.15, 0.2) is 47.6 Å². The van der Waals surface area contributed by atoms with Crippen LogP contribution in [0.4, 0.5) is 5.82 Å². The van der Waals surface area contributed by atoms with E-state index in [1.807, 2.05) is 29.9 Å². The predicted molar refractivity (Wildman–Crippen MR) is 110 cm³/mol. The van der Waals surface area contributed by atoms with Gasteiger partial charge in [0.1, 0.15) is 17.6 Å². The van der Waals surface area contributed by atoms with Gasteiger partial charge in [0.25, 0.3) is 0 Å². The Morgan fingerprint density at radius 1 is 1.25 bits per heavy atom. The van der Waals surface area contributed by atoms with Gasteiger partial charge in [-0.05, 0) is 46.5 Å². The van der Waals surface area contributed by atoms with Gasteiger partial charge in [0.05, 0.1) is 42.5 Å². The molecule has 0 N–H and O–H groups in total. The first-order valence-corrected chi connectivity index (χ1v) is 9.64. The van der Waals surface area contributed by atoms with E-state index in [0.29, 0.717) is 12.2 Å². The molecule has 144 valence electrons. The molecule has 0 spiro atoms. The molecule has 3 rings (SSSR count). The fourth-order valence-corrected chi connectivity index (χ4v) is 3.29. The second-order valence-corrected chi connectivity index (χ2v) is 7.22. The van der Waals surface area contributed by atoms with Crippen molar-refractivity contribution in [2.45, 2.75) is 19.4 Å². The number of hydrogen-bond acceptors (Lipinski definition) is 6. The van der Waals surface area contributed by atoms with Crippen LogP contribution in [0.1, 0.15) is 23.4 Å². The van der Waals surface area contributed by atoms with Gasteiger partial charge in [-0.1, -0.05) is 6.07 Å². The number of nitrogens with zero attached hydrogens (tertiary/aromatic N) is 6. The van der Waals surface area contributed by atoms with Gasteiger partial charge in [0.2, 0.25) is 0 Å². The van der Waals surface area contributed by atoms with Crippen LogP contribution < -0.4 is 9.64 Å². The Labute approximate surface area is 172 Å². The molecule has 0 unspecified atom stereocenters. The molecule has 0 bridgehead atoms. The average molecular weight is 441 g/mol. The number of nitriles is 1. The smallest absolute Gasteiger partial charge is 0.158 e. The first kappa shape index (κ1) is 19.8. The Kier molecular flexibility index (Phi) is 6.61. The summed E-state index contributed by atoms with van der Waals surface area (Å²) in [5.74, 6) is 1.58. The largest absolute Gasteiger partial charge is 0.496 e. The summed E-state index contributed by atoms with van der Waals surface area (Å²) < 4.78 is 8.31. The summed E-state index contributed by atoms with van der Waals surface area (Å²) >= 11 is 3.48. The maximum atomic E-state index is 8.95. The highest BCUT2D eigenvalue weighted by Crippen LogP contribution is 2.26. The second kappa shape index (κ2) is 9.33. The SMILES string of the molecule is COc1cc(CCCN(Cc2cncn2C)c2cnc(C#N)cn2)ccc1Br. The highest BCUT2D eigenvalue weighted by molar-refractivity contribution is 9.10. The molecule has 0 aliphatic carbocycles. The molecule has 8 heteroatoms. The molecule has 2 aromatic heterocycles. The zero-order valence-corrected chi connectivity index (χ0v) is 17.4. The Bertz CT molecular complexity index is 964. The molecule has 0 aliphatic rings. The zero-order valence-electron chi connectivity index (χ0n) is 15.8. The summed E-state index contributed by atoms with van der Waals surface area (Å²) in [7, 11) is 3.64. The van der Waals surface area contributed by atoms with Crippen molar-refractivity contribution in [3.63, 3.8) is 0 Å². The first-order chi connectivity index (χ1) is 13.6. The molecule has 28 heavy (non-hydrogen) atoms. The third-order valence-corrected chi connectivity index (χ3v) is 5.11. The van der Waals surface area contributed by atoms with Crippen molar-refractivity contribution in [1.82, 2.24) is 19.5 Å². The minimum Gasteiger partial charge on any atom is -0.496 e. The molecule has 0 atom stereocenters. The lowest BCUT2D eigenvalue weighted by atomic mass is 10.1. The lowest BCUT2D eigenvalue weighted by Gasteiger charge is -2.23. The highest BCUT2D eigenvalue weighted by atomic mass is 79.9. The van der Waals surface area contributed by atoms with Crippen molar-refractivity contribution in [1.29, 1.82) is 5.26 Å². The van der Waals surface area contributed by atoms with Gasteiger partial charge in [-0.3, -0.25) is 0 Å². The zero-order chi connectivity index (χ0) is 19.9. The van der Waals surface area contributed by atoms with Crippen molar-refractivity contribution >= 4 is 21.7 Å². The van der Waals surface area contributed by atoms with E-state index < -0.39 is 0 Å². The number of hydrogen-bond donors (Lipinski definition) is 0.